The molecule has 0 N–H and O–H groups in total. The molecule has 0 unspecified atom stereocenters. The smallest absolute Gasteiger partial charge is 0.168 e. The molecule has 3 aromatic rings. The van der Waals surface area contributed by atoms with Crippen molar-refractivity contribution in [2.45, 2.75) is 6.42 Å². The maximum atomic E-state index is 12.6. The topological polar surface area (TPSA) is 30.0 Å². The summed E-state index contributed by atoms with van der Waals surface area (Å²) in [5.41, 5.74) is 2.19. The van der Waals surface area contributed by atoms with E-state index in [1.54, 1.807) is 24.4 Å². The van der Waals surface area contributed by atoms with E-state index >= 15 is 0 Å². The van der Waals surface area contributed by atoms with Crippen molar-refractivity contribution in [1.29, 1.82) is 0 Å². The maximum Gasteiger partial charge on any atom is 0.168 e. The fraction of sp³-hybridized carbons (Fsp3) is 0.0588. The van der Waals surface area contributed by atoms with Gasteiger partial charge < -0.3 is 0 Å². The van der Waals surface area contributed by atoms with Crippen molar-refractivity contribution in [2.75, 3.05) is 0 Å². The van der Waals surface area contributed by atoms with Gasteiger partial charge in [0.1, 0.15) is 0 Å². The summed E-state index contributed by atoms with van der Waals surface area (Å²) < 4.78 is 0. The Hall–Kier alpha value is -1.90. The van der Waals surface area contributed by atoms with Gasteiger partial charge in [-0.15, -0.1) is 0 Å². The lowest BCUT2D eigenvalue weighted by atomic mass is 10.00. The Kier molecular flexibility index (Phi) is 3.91. The van der Waals surface area contributed by atoms with Crippen LogP contribution in [0, 0.1) is 0 Å². The third kappa shape index (κ3) is 2.78. The Morgan fingerprint density at radius 2 is 1.81 bits per heavy atom. The van der Waals surface area contributed by atoms with Crippen LogP contribution in [-0.4, -0.2) is 10.8 Å². The summed E-state index contributed by atoms with van der Waals surface area (Å²) in [7, 11) is 0. The first-order valence-electron chi connectivity index (χ1n) is 6.46. The second-order valence-electron chi connectivity index (χ2n) is 4.69. The van der Waals surface area contributed by atoms with Crippen molar-refractivity contribution >= 4 is 39.9 Å². The lowest BCUT2D eigenvalue weighted by Gasteiger charge is -2.07. The van der Waals surface area contributed by atoms with E-state index in [4.69, 9.17) is 23.2 Å². The number of rotatable bonds is 3. The predicted octanol–water partition coefficient (Wildman–Crippen LogP) is 4.97. The van der Waals surface area contributed by atoms with Crippen LogP contribution in [-0.2, 0) is 6.42 Å². The van der Waals surface area contributed by atoms with Crippen molar-refractivity contribution < 1.29 is 4.79 Å². The van der Waals surface area contributed by atoms with Gasteiger partial charge in [-0.25, -0.2) is 0 Å². The number of carbonyl (C=O) groups is 1. The zero-order valence-corrected chi connectivity index (χ0v) is 12.5. The molecule has 0 amide bonds. The van der Waals surface area contributed by atoms with Crippen molar-refractivity contribution in [1.82, 2.24) is 4.98 Å². The van der Waals surface area contributed by atoms with E-state index in [1.165, 1.54) is 0 Å². The highest BCUT2D eigenvalue weighted by atomic mass is 35.5. The van der Waals surface area contributed by atoms with Gasteiger partial charge in [0, 0.05) is 23.6 Å². The fourth-order valence-corrected chi connectivity index (χ4v) is 2.68. The summed E-state index contributed by atoms with van der Waals surface area (Å²) in [5.74, 6) is -0.00207. The van der Waals surface area contributed by atoms with E-state index in [2.05, 4.69) is 4.98 Å². The average molecular weight is 316 g/mol. The molecule has 1 aromatic heterocycles. The Morgan fingerprint density at radius 3 is 2.67 bits per heavy atom. The molecule has 2 aromatic carbocycles. The highest BCUT2D eigenvalue weighted by Gasteiger charge is 2.14. The van der Waals surface area contributed by atoms with Crippen molar-refractivity contribution in [3.8, 4) is 0 Å². The van der Waals surface area contributed by atoms with Crippen molar-refractivity contribution in [2.24, 2.45) is 0 Å². The fourth-order valence-electron chi connectivity index (χ4n) is 2.29. The first-order valence-corrected chi connectivity index (χ1v) is 7.22. The minimum Gasteiger partial charge on any atom is -0.294 e. The number of hydrogen-bond donors (Lipinski definition) is 0. The number of hydrogen-bond acceptors (Lipinski definition) is 2. The molecule has 0 saturated heterocycles. The largest absolute Gasteiger partial charge is 0.294 e. The summed E-state index contributed by atoms with van der Waals surface area (Å²) in [5, 5.41) is 1.75. The number of aromatic nitrogens is 1. The summed E-state index contributed by atoms with van der Waals surface area (Å²) in [6.45, 7) is 0. The monoisotopic (exact) mass is 315 g/mol. The van der Waals surface area contributed by atoms with Crippen LogP contribution in [0.1, 0.15) is 15.9 Å². The Labute approximate surface area is 132 Å². The Bertz CT molecular complexity index is 825. The van der Waals surface area contributed by atoms with Crippen LogP contribution in [0.3, 0.4) is 0 Å². The lowest BCUT2D eigenvalue weighted by molar-refractivity contribution is 0.0994. The van der Waals surface area contributed by atoms with E-state index in [9.17, 15) is 4.79 Å². The molecule has 0 bridgehead atoms. The third-order valence-electron chi connectivity index (χ3n) is 3.33. The van der Waals surface area contributed by atoms with Crippen LogP contribution in [0.2, 0.25) is 10.0 Å². The number of carbonyl (C=O) groups excluding carboxylic acids is 1. The van der Waals surface area contributed by atoms with Crippen LogP contribution >= 0.6 is 23.2 Å². The normalized spacial score (nSPS) is 10.8. The molecule has 2 nitrogen and oxygen atoms in total. The summed E-state index contributed by atoms with van der Waals surface area (Å²) in [4.78, 5) is 16.8. The number of ketones is 1. The lowest BCUT2D eigenvalue weighted by Crippen LogP contribution is -2.05. The molecule has 0 aliphatic heterocycles. The van der Waals surface area contributed by atoms with Gasteiger partial charge in [0.25, 0.3) is 0 Å². The first kappa shape index (κ1) is 14.1. The van der Waals surface area contributed by atoms with Gasteiger partial charge in [-0.05, 0) is 23.8 Å². The van der Waals surface area contributed by atoms with Crippen molar-refractivity contribution in [3.63, 3.8) is 0 Å². The zero-order valence-electron chi connectivity index (χ0n) is 11.0. The van der Waals surface area contributed by atoms with E-state index < -0.39 is 0 Å². The van der Waals surface area contributed by atoms with Crippen LogP contribution in [0.15, 0.2) is 54.7 Å². The number of fused-ring (bicyclic) bond motifs is 1. The summed E-state index contributed by atoms with van der Waals surface area (Å²) >= 11 is 12.1. The molecule has 0 atom stereocenters. The molecular formula is C17H11Cl2NO. The highest BCUT2D eigenvalue weighted by Crippen LogP contribution is 2.27. The van der Waals surface area contributed by atoms with Crippen LogP contribution in [0.25, 0.3) is 10.9 Å². The van der Waals surface area contributed by atoms with Crippen LogP contribution in [0.5, 0.6) is 0 Å². The van der Waals surface area contributed by atoms with E-state index in [1.807, 2.05) is 30.3 Å². The van der Waals surface area contributed by atoms with E-state index in [0.717, 1.165) is 16.5 Å². The van der Waals surface area contributed by atoms with Gasteiger partial charge in [0.15, 0.2) is 5.78 Å². The molecule has 3 rings (SSSR count). The average Bonchev–Trinajstić information content (AvgIpc) is 2.51. The van der Waals surface area contributed by atoms with Gasteiger partial charge in [-0.1, -0.05) is 53.5 Å². The second kappa shape index (κ2) is 5.84. The number of halogens is 2. The molecule has 1 heterocycles. The molecule has 0 saturated carbocycles. The SMILES string of the molecule is O=C(Cc1cccc(Cl)c1Cl)c1ccnc2ccccc12. The zero-order chi connectivity index (χ0) is 14.8. The Morgan fingerprint density at radius 1 is 1.00 bits per heavy atom. The molecule has 0 aliphatic rings. The molecule has 0 fully saturated rings. The molecule has 21 heavy (non-hydrogen) atoms. The van der Waals surface area contributed by atoms with Gasteiger partial charge in [0.2, 0.25) is 0 Å². The minimum atomic E-state index is -0.00207. The van der Waals surface area contributed by atoms with Crippen LogP contribution in [0.4, 0.5) is 0 Å². The van der Waals surface area contributed by atoms with E-state index in [0.29, 0.717) is 15.6 Å². The van der Waals surface area contributed by atoms with Gasteiger partial charge in [-0.3, -0.25) is 9.78 Å². The molecule has 0 spiro atoms. The summed E-state index contributed by atoms with van der Waals surface area (Å²) in [6.07, 6.45) is 1.86. The van der Waals surface area contributed by atoms with E-state index in [-0.39, 0.29) is 12.2 Å². The standard InChI is InChI=1S/C17H11Cl2NO/c18-14-6-3-4-11(17(14)19)10-16(21)13-8-9-20-15-7-2-1-5-12(13)15/h1-9H,10H2. The Balaban J connectivity index is 2.00. The minimum absolute atomic E-state index is 0.00207. The highest BCUT2D eigenvalue weighted by molar-refractivity contribution is 6.42. The van der Waals surface area contributed by atoms with Crippen LogP contribution < -0.4 is 0 Å². The quantitative estimate of drug-likeness (QED) is 0.639. The number of nitrogens with zero attached hydrogens (tertiary/aromatic N) is 1. The van der Waals surface area contributed by atoms with Gasteiger partial charge in [0.05, 0.1) is 15.6 Å². The van der Waals surface area contributed by atoms with Crippen molar-refractivity contribution in [3.05, 3.63) is 75.9 Å². The number of pyridine rings is 1. The maximum absolute atomic E-state index is 12.6. The second-order valence-corrected chi connectivity index (χ2v) is 5.47. The first-order chi connectivity index (χ1) is 10.2. The third-order valence-corrected chi connectivity index (χ3v) is 4.19. The summed E-state index contributed by atoms with van der Waals surface area (Å²) in [6, 6.07) is 14.6. The predicted molar refractivity (Wildman–Crippen MR) is 86.2 cm³/mol. The number of para-hydroxylation sites is 1. The molecule has 0 aliphatic carbocycles. The van der Waals surface area contributed by atoms with Gasteiger partial charge in [-0.2, -0.15) is 0 Å². The number of Topliss-reactive ketones (excluding diaryl/α,β-unsaturated/α-hetero) is 1. The molecule has 0 radical (unpaired) electrons. The molecule has 104 valence electrons. The number of benzene rings is 2. The molecule has 4 heteroatoms. The van der Waals surface area contributed by atoms with Gasteiger partial charge >= 0.3 is 0 Å². The molecular weight excluding hydrogens is 305 g/mol.